The third-order valence-electron chi connectivity index (χ3n) is 5.49. The highest BCUT2D eigenvalue weighted by Crippen LogP contribution is 2.33. The molecule has 150 valence electrons. The van der Waals surface area contributed by atoms with Crippen LogP contribution in [0.15, 0.2) is 36.4 Å². The van der Waals surface area contributed by atoms with E-state index in [0.717, 1.165) is 42.4 Å². The molecule has 0 bridgehead atoms. The molecule has 0 radical (unpaired) electrons. The number of amides is 1. The second kappa shape index (κ2) is 7.27. The van der Waals surface area contributed by atoms with E-state index in [1.807, 2.05) is 47.7 Å². The van der Waals surface area contributed by atoms with Crippen molar-refractivity contribution in [3.8, 4) is 11.5 Å². The zero-order valence-electron chi connectivity index (χ0n) is 16.3. The number of aryl methyl sites for hydroxylation is 1. The molecule has 1 saturated heterocycles. The zero-order chi connectivity index (χ0) is 19.8. The molecule has 8 nitrogen and oxygen atoms in total. The molecule has 1 aromatic carbocycles. The molecule has 0 spiro atoms. The van der Waals surface area contributed by atoms with Gasteiger partial charge in [-0.3, -0.25) is 9.20 Å². The van der Waals surface area contributed by atoms with Gasteiger partial charge in [0, 0.05) is 30.5 Å². The van der Waals surface area contributed by atoms with Gasteiger partial charge in [0.05, 0.1) is 5.92 Å². The van der Waals surface area contributed by atoms with E-state index < -0.39 is 0 Å². The Balaban J connectivity index is 1.32. The highest BCUT2D eigenvalue weighted by molar-refractivity contribution is 5.93. The van der Waals surface area contributed by atoms with Crippen LogP contribution in [0.1, 0.15) is 18.5 Å². The van der Waals surface area contributed by atoms with Crippen LogP contribution >= 0.6 is 0 Å². The molecule has 4 heterocycles. The summed E-state index contributed by atoms with van der Waals surface area (Å²) >= 11 is 0. The van der Waals surface area contributed by atoms with Crippen LogP contribution in [0, 0.1) is 12.8 Å². The highest BCUT2D eigenvalue weighted by Gasteiger charge is 2.28. The molecule has 29 heavy (non-hydrogen) atoms. The van der Waals surface area contributed by atoms with Crippen molar-refractivity contribution in [2.24, 2.45) is 5.92 Å². The van der Waals surface area contributed by atoms with Crippen LogP contribution < -0.4 is 19.7 Å². The third kappa shape index (κ3) is 3.35. The average molecular weight is 393 g/mol. The lowest BCUT2D eigenvalue weighted by Crippen LogP contribution is -2.41. The quantitative estimate of drug-likeness (QED) is 0.737. The van der Waals surface area contributed by atoms with Gasteiger partial charge in [-0.2, -0.15) is 0 Å². The third-order valence-corrected chi connectivity index (χ3v) is 5.49. The fraction of sp³-hybridized carbons (Fsp3) is 0.381. The summed E-state index contributed by atoms with van der Waals surface area (Å²) in [6, 6.07) is 11.5. The number of nitrogens with one attached hydrogen (secondary N) is 1. The predicted molar refractivity (Wildman–Crippen MR) is 109 cm³/mol. The fourth-order valence-corrected chi connectivity index (χ4v) is 4.03. The van der Waals surface area contributed by atoms with E-state index in [9.17, 15) is 4.79 Å². The van der Waals surface area contributed by atoms with Crippen LogP contribution in [-0.4, -0.2) is 46.8 Å². The molecule has 5 rings (SSSR count). The number of ether oxygens (including phenoxy) is 2. The van der Waals surface area contributed by atoms with Crippen molar-refractivity contribution in [2.45, 2.75) is 19.8 Å². The van der Waals surface area contributed by atoms with Crippen molar-refractivity contribution in [3.05, 3.63) is 42.1 Å². The molecule has 8 heteroatoms. The fourth-order valence-electron chi connectivity index (χ4n) is 4.03. The number of hydrogen-bond donors (Lipinski definition) is 1. The average Bonchev–Trinajstić information content (AvgIpc) is 3.19. The number of piperidine rings is 1. The Morgan fingerprint density at radius 1 is 1.14 bits per heavy atom. The summed E-state index contributed by atoms with van der Waals surface area (Å²) in [4.78, 5) is 15.1. The normalized spacial score (nSPS) is 18.7. The molecule has 1 fully saturated rings. The van der Waals surface area contributed by atoms with E-state index in [-0.39, 0.29) is 11.8 Å². The molecule has 2 aliphatic rings. The van der Waals surface area contributed by atoms with E-state index in [1.165, 1.54) is 0 Å². The Labute approximate surface area is 168 Å². The Bertz CT molecular complexity index is 1060. The molecule has 0 aliphatic carbocycles. The standard InChI is InChI=1S/C21H23N5O3/c1-14-4-2-6-19-23-24-21(26(14)19)25-9-3-5-15(13-25)20(27)22-16-7-8-17-18(12-16)29-11-10-28-17/h2,4,6-8,12,15H,3,5,9-11,13H2,1H3,(H,22,27)/t15-/m0/s1. The maximum Gasteiger partial charge on any atom is 0.231 e. The molecule has 0 saturated carbocycles. The molecule has 1 amide bonds. The van der Waals surface area contributed by atoms with Gasteiger partial charge in [-0.25, -0.2) is 0 Å². The van der Waals surface area contributed by atoms with Crippen molar-refractivity contribution in [1.82, 2.24) is 14.6 Å². The second-order valence-corrected chi connectivity index (χ2v) is 7.49. The maximum absolute atomic E-state index is 12.9. The van der Waals surface area contributed by atoms with Gasteiger partial charge in [0.2, 0.25) is 11.9 Å². The summed E-state index contributed by atoms with van der Waals surface area (Å²) in [5, 5.41) is 11.7. The van der Waals surface area contributed by atoms with Gasteiger partial charge in [0.25, 0.3) is 0 Å². The van der Waals surface area contributed by atoms with Crippen molar-refractivity contribution in [2.75, 3.05) is 36.5 Å². The predicted octanol–water partition coefficient (Wildman–Crippen LogP) is 2.66. The Kier molecular flexibility index (Phi) is 4.46. The first-order chi connectivity index (χ1) is 14.2. The first-order valence-electron chi connectivity index (χ1n) is 9.95. The number of benzene rings is 1. The van der Waals surface area contributed by atoms with Crippen LogP contribution in [0.25, 0.3) is 5.65 Å². The van der Waals surface area contributed by atoms with Crippen molar-refractivity contribution < 1.29 is 14.3 Å². The van der Waals surface area contributed by atoms with E-state index in [0.29, 0.717) is 31.3 Å². The van der Waals surface area contributed by atoms with Crippen LogP contribution in [0.2, 0.25) is 0 Å². The van der Waals surface area contributed by atoms with Crippen LogP contribution in [0.3, 0.4) is 0 Å². The van der Waals surface area contributed by atoms with Crippen molar-refractivity contribution in [3.63, 3.8) is 0 Å². The lowest BCUT2D eigenvalue weighted by molar-refractivity contribution is -0.120. The highest BCUT2D eigenvalue weighted by atomic mass is 16.6. The van der Waals surface area contributed by atoms with Gasteiger partial charge in [0.15, 0.2) is 17.1 Å². The number of pyridine rings is 1. The number of hydrogen-bond acceptors (Lipinski definition) is 6. The lowest BCUT2D eigenvalue weighted by atomic mass is 9.97. The summed E-state index contributed by atoms with van der Waals surface area (Å²) in [5.74, 6) is 2.08. The summed E-state index contributed by atoms with van der Waals surface area (Å²) in [6.07, 6.45) is 1.78. The monoisotopic (exact) mass is 393 g/mol. The number of rotatable bonds is 3. The number of carbonyl (C=O) groups is 1. The molecule has 1 atom stereocenters. The second-order valence-electron chi connectivity index (χ2n) is 7.49. The van der Waals surface area contributed by atoms with Gasteiger partial charge in [0.1, 0.15) is 13.2 Å². The van der Waals surface area contributed by atoms with Gasteiger partial charge in [-0.15, -0.1) is 10.2 Å². The molecule has 0 unspecified atom stereocenters. The van der Waals surface area contributed by atoms with E-state index in [1.54, 1.807) is 0 Å². The molecule has 2 aromatic heterocycles. The molecule has 1 N–H and O–H groups in total. The van der Waals surface area contributed by atoms with Crippen LogP contribution in [-0.2, 0) is 4.79 Å². The van der Waals surface area contributed by atoms with Crippen LogP contribution in [0.5, 0.6) is 11.5 Å². The zero-order valence-corrected chi connectivity index (χ0v) is 16.3. The number of carbonyl (C=O) groups excluding carboxylic acids is 1. The van der Waals surface area contributed by atoms with Gasteiger partial charge in [-0.05, 0) is 44.0 Å². The smallest absolute Gasteiger partial charge is 0.231 e. The Hall–Kier alpha value is -3.29. The summed E-state index contributed by atoms with van der Waals surface area (Å²) < 4.78 is 13.2. The van der Waals surface area contributed by atoms with Crippen LogP contribution in [0.4, 0.5) is 11.6 Å². The summed E-state index contributed by atoms with van der Waals surface area (Å²) in [7, 11) is 0. The van der Waals surface area contributed by atoms with Crippen molar-refractivity contribution >= 4 is 23.2 Å². The first-order valence-corrected chi connectivity index (χ1v) is 9.95. The molecule has 3 aromatic rings. The maximum atomic E-state index is 12.9. The minimum absolute atomic E-state index is 0.0110. The Morgan fingerprint density at radius 2 is 2.00 bits per heavy atom. The van der Waals surface area contributed by atoms with Gasteiger partial charge < -0.3 is 19.7 Å². The Morgan fingerprint density at radius 3 is 2.90 bits per heavy atom. The van der Waals surface area contributed by atoms with Gasteiger partial charge in [-0.1, -0.05) is 6.07 Å². The topological polar surface area (TPSA) is 81.0 Å². The van der Waals surface area contributed by atoms with E-state index in [4.69, 9.17) is 9.47 Å². The molecular formula is C21H23N5O3. The molecular weight excluding hydrogens is 370 g/mol. The lowest BCUT2D eigenvalue weighted by Gasteiger charge is -2.32. The van der Waals surface area contributed by atoms with E-state index in [2.05, 4.69) is 20.4 Å². The number of fused-ring (bicyclic) bond motifs is 2. The minimum Gasteiger partial charge on any atom is -0.486 e. The summed E-state index contributed by atoms with van der Waals surface area (Å²) in [5.41, 5.74) is 2.62. The number of aromatic nitrogens is 3. The molecule has 2 aliphatic heterocycles. The number of nitrogens with zero attached hydrogens (tertiary/aromatic N) is 4. The van der Waals surface area contributed by atoms with Gasteiger partial charge >= 0.3 is 0 Å². The van der Waals surface area contributed by atoms with E-state index >= 15 is 0 Å². The summed E-state index contributed by atoms with van der Waals surface area (Å²) in [6.45, 7) is 4.59. The SMILES string of the molecule is Cc1cccc2nnc(N3CCC[C@H](C(=O)Nc4ccc5c(c4)OCCO5)C3)n12. The first kappa shape index (κ1) is 17.8. The number of anilines is 2. The van der Waals surface area contributed by atoms with Crippen molar-refractivity contribution in [1.29, 1.82) is 0 Å². The largest absolute Gasteiger partial charge is 0.486 e. The minimum atomic E-state index is -0.117.